The van der Waals surface area contributed by atoms with Crippen LogP contribution in [0.2, 0.25) is 0 Å². The molecule has 1 aliphatic rings. The van der Waals surface area contributed by atoms with Gasteiger partial charge in [0.05, 0.1) is 19.4 Å². The van der Waals surface area contributed by atoms with E-state index in [0.717, 1.165) is 11.1 Å². The summed E-state index contributed by atoms with van der Waals surface area (Å²) in [6.45, 7) is 1.99. The molecular weight excluding hydrogens is 346 g/mol. The molecule has 0 spiro atoms. The average Bonchev–Trinajstić information content (AvgIpc) is 3.10. The Morgan fingerprint density at radius 3 is 2.70 bits per heavy atom. The van der Waals surface area contributed by atoms with Crippen molar-refractivity contribution in [1.82, 2.24) is 10.3 Å². The molecule has 1 aromatic heterocycles. The lowest BCUT2D eigenvalue weighted by molar-refractivity contribution is -0.166. The van der Waals surface area contributed by atoms with E-state index in [0.29, 0.717) is 17.8 Å². The van der Waals surface area contributed by atoms with Gasteiger partial charge in [-0.15, -0.1) is 0 Å². The van der Waals surface area contributed by atoms with Gasteiger partial charge in [-0.3, -0.25) is 9.78 Å². The molecule has 0 bridgehead atoms. The summed E-state index contributed by atoms with van der Waals surface area (Å²) in [5.74, 6) is -0.786. The van der Waals surface area contributed by atoms with Crippen LogP contribution in [0.1, 0.15) is 28.0 Å². The average molecular weight is 367 g/mol. The van der Waals surface area contributed by atoms with E-state index >= 15 is 0 Å². The number of nitrogens with one attached hydrogen (secondary N) is 1. The van der Waals surface area contributed by atoms with Crippen molar-refractivity contribution in [1.29, 1.82) is 0 Å². The number of rotatable bonds is 6. The first-order valence-electron chi connectivity index (χ1n) is 8.60. The van der Waals surface area contributed by atoms with E-state index in [1.807, 2.05) is 43.3 Å². The highest BCUT2D eigenvalue weighted by Gasteiger charge is 2.47. The maximum atomic E-state index is 12.4. The lowest BCUT2D eigenvalue weighted by Gasteiger charge is -2.23. The fraction of sp³-hybridized carbons (Fsp3) is 0.300. The summed E-state index contributed by atoms with van der Waals surface area (Å²) in [4.78, 5) is 34.3. The Kier molecular flexibility index (Phi) is 5.49. The molecule has 0 saturated heterocycles. The number of ether oxygens (including phenoxy) is 1. The summed E-state index contributed by atoms with van der Waals surface area (Å²) < 4.78 is 4.93. The minimum absolute atomic E-state index is 0.169. The second-order valence-corrected chi connectivity index (χ2v) is 6.43. The molecule has 1 amide bonds. The van der Waals surface area contributed by atoms with Gasteiger partial charge in [0.25, 0.3) is 5.91 Å². The molecule has 0 saturated carbocycles. The number of methoxy groups -OCH3 is 1. The molecule has 1 unspecified atom stereocenters. The number of hydrogen-bond donors (Lipinski definition) is 1. The van der Waals surface area contributed by atoms with Crippen LogP contribution < -0.4 is 5.32 Å². The topological polar surface area (TPSA) is 89.9 Å². The normalized spacial score (nSPS) is 18.4. The van der Waals surface area contributed by atoms with Crippen LogP contribution in [0.5, 0.6) is 0 Å². The molecule has 1 N–H and O–H groups in total. The third kappa shape index (κ3) is 4.13. The molecule has 140 valence electrons. The quantitative estimate of drug-likeness (QED) is 0.789. The SMILES string of the molecule is COC(=O)C1(Cc2ccccc2)CC(CNC(=O)c2ncccc2C)=NO1. The molecule has 7 heteroatoms. The highest BCUT2D eigenvalue weighted by molar-refractivity contribution is 5.99. The van der Waals surface area contributed by atoms with Gasteiger partial charge in [-0.2, -0.15) is 0 Å². The van der Waals surface area contributed by atoms with E-state index in [1.54, 1.807) is 12.3 Å². The van der Waals surface area contributed by atoms with E-state index in [1.165, 1.54) is 7.11 Å². The largest absolute Gasteiger partial charge is 0.466 e. The van der Waals surface area contributed by atoms with E-state index in [-0.39, 0.29) is 18.9 Å². The van der Waals surface area contributed by atoms with Gasteiger partial charge in [-0.05, 0) is 24.1 Å². The van der Waals surface area contributed by atoms with Crippen LogP contribution in [0.3, 0.4) is 0 Å². The molecule has 7 nitrogen and oxygen atoms in total. The molecule has 0 fully saturated rings. The van der Waals surface area contributed by atoms with Crippen LogP contribution in [0.4, 0.5) is 0 Å². The zero-order chi connectivity index (χ0) is 19.3. The van der Waals surface area contributed by atoms with Crippen molar-refractivity contribution >= 4 is 17.6 Å². The minimum Gasteiger partial charge on any atom is -0.466 e. The van der Waals surface area contributed by atoms with Gasteiger partial charge in [-0.1, -0.05) is 41.6 Å². The lowest BCUT2D eigenvalue weighted by atomic mass is 9.89. The predicted octanol–water partition coefficient (Wildman–Crippen LogP) is 2.05. The first-order chi connectivity index (χ1) is 13.0. The zero-order valence-electron chi connectivity index (χ0n) is 15.3. The molecule has 2 aromatic rings. The summed E-state index contributed by atoms with van der Waals surface area (Å²) in [6, 6.07) is 13.1. The van der Waals surface area contributed by atoms with Crippen molar-refractivity contribution in [2.75, 3.05) is 13.7 Å². The molecule has 1 atom stereocenters. The molecule has 2 heterocycles. The van der Waals surface area contributed by atoms with Crippen molar-refractivity contribution in [3.8, 4) is 0 Å². The summed E-state index contributed by atoms with van der Waals surface area (Å²) in [6.07, 6.45) is 2.15. The number of amides is 1. The first-order valence-corrected chi connectivity index (χ1v) is 8.60. The van der Waals surface area contributed by atoms with Crippen molar-refractivity contribution in [3.05, 3.63) is 65.5 Å². The second kappa shape index (κ2) is 7.99. The van der Waals surface area contributed by atoms with Gasteiger partial charge in [-0.25, -0.2) is 4.79 Å². The zero-order valence-corrected chi connectivity index (χ0v) is 15.3. The number of nitrogens with zero attached hydrogens (tertiary/aromatic N) is 2. The summed E-state index contributed by atoms with van der Waals surface area (Å²) in [5.41, 5.74) is 1.44. The van der Waals surface area contributed by atoms with Crippen LogP contribution in [0, 0.1) is 6.92 Å². The van der Waals surface area contributed by atoms with Crippen molar-refractivity contribution in [2.45, 2.75) is 25.4 Å². The third-order valence-electron chi connectivity index (χ3n) is 4.41. The van der Waals surface area contributed by atoms with E-state index < -0.39 is 11.6 Å². The molecule has 1 aliphatic heterocycles. The van der Waals surface area contributed by atoms with Gasteiger partial charge in [0.15, 0.2) is 0 Å². The Balaban J connectivity index is 1.66. The smallest absolute Gasteiger partial charge is 0.353 e. The first kappa shape index (κ1) is 18.6. The maximum Gasteiger partial charge on any atom is 0.353 e. The highest BCUT2D eigenvalue weighted by atomic mass is 16.7. The Bertz CT molecular complexity index is 867. The van der Waals surface area contributed by atoms with Crippen LogP contribution in [0.25, 0.3) is 0 Å². The van der Waals surface area contributed by atoms with Gasteiger partial charge >= 0.3 is 5.97 Å². The van der Waals surface area contributed by atoms with Gasteiger partial charge in [0.1, 0.15) is 5.69 Å². The number of esters is 1. The lowest BCUT2D eigenvalue weighted by Crippen LogP contribution is -2.43. The van der Waals surface area contributed by atoms with Crippen molar-refractivity contribution in [3.63, 3.8) is 0 Å². The fourth-order valence-electron chi connectivity index (χ4n) is 3.02. The van der Waals surface area contributed by atoms with Crippen LogP contribution in [0.15, 0.2) is 53.8 Å². The Morgan fingerprint density at radius 1 is 1.22 bits per heavy atom. The summed E-state index contributed by atoms with van der Waals surface area (Å²) in [7, 11) is 1.32. The Hall–Kier alpha value is -3.22. The number of oxime groups is 1. The van der Waals surface area contributed by atoms with Crippen LogP contribution >= 0.6 is 0 Å². The van der Waals surface area contributed by atoms with Crippen molar-refractivity contribution < 1.29 is 19.2 Å². The molecule has 0 aliphatic carbocycles. The number of aromatic nitrogens is 1. The summed E-state index contributed by atoms with van der Waals surface area (Å²) >= 11 is 0. The molecule has 27 heavy (non-hydrogen) atoms. The Morgan fingerprint density at radius 2 is 2.00 bits per heavy atom. The minimum atomic E-state index is -1.21. The second-order valence-electron chi connectivity index (χ2n) is 6.43. The van der Waals surface area contributed by atoms with Crippen LogP contribution in [-0.4, -0.2) is 41.8 Å². The summed E-state index contributed by atoms with van der Waals surface area (Å²) in [5, 5.41) is 6.80. The number of aryl methyl sites for hydroxylation is 1. The highest BCUT2D eigenvalue weighted by Crippen LogP contribution is 2.29. The number of pyridine rings is 1. The Labute approximate surface area is 157 Å². The third-order valence-corrected chi connectivity index (χ3v) is 4.41. The van der Waals surface area contributed by atoms with Gasteiger partial charge in [0, 0.05) is 19.0 Å². The van der Waals surface area contributed by atoms with Gasteiger partial charge < -0.3 is 14.9 Å². The standard InChI is InChI=1S/C20H21N3O4/c1-14-7-6-10-21-17(14)18(24)22-13-16-12-20(27-23-16,19(25)26-2)11-15-8-4-3-5-9-15/h3-10H,11-13H2,1-2H3,(H,22,24). The maximum absolute atomic E-state index is 12.4. The van der Waals surface area contributed by atoms with E-state index in [4.69, 9.17) is 9.57 Å². The number of benzene rings is 1. The number of carbonyl (C=O) groups excluding carboxylic acids is 2. The predicted molar refractivity (Wildman–Crippen MR) is 99.3 cm³/mol. The molecular formula is C20H21N3O4. The van der Waals surface area contributed by atoms with E-state index in [9.17, 15) is 9.59 Å². The molecule has 3 rings (SSSR count). The monoisotopic (exact) mass is 367 g/mol. The van der Waals surface area contributed by atoms with Gasteiger partial charge in [0.2, 0.25) is 5.60 Å². The van der Waals surface area contributed by atoms with Crippen LogP contribution in [-0.2, 0) is 20.8 Å². The molecule has 1 aromatic carbocycles. The molecule has 0 radical (unpaired) electrons. The van der Waals surface area contributed by atoms with Crippen molar-refractivity contribution in [2.24, 2.45) is 5.16 Å². The fourth-order valence-corrected chi connectivity index (χ4v) is 3.02. The number of carbonyl (C=O) groups is 2. The number of hydrogen-bond acceptors (Lipinski definition) is 6. The van der Waals surface area contributed by atoms with E-state index in [2.05, 4.69) is 15.5 Å².